The van der Waals surface area contributed by atoms with Gasteiger partial charge in [0.1, 0.15) is 52.0 Å². The lowest BCUT2D eigenvalue weighted by atomic mass is 10.1. The number of unbranched alkanes of at least 4 members (excludes halogenated alkanes) is 3. The summed E-state index contributed by atoms with van der Waals surface area (Å²) in [5, 5.41) is 8.80. The van der Waals surface area contributed by atoms with Gasteiger partial charge < -0.3 is 39.1 Å². The predicted octanol–water partition coefficient (Wildman–Crippen LogP) is 8.74. The smallest absolute Gasteiger partial charge is 0.435 e. The highest BCUT2D eigenvalue weighted by Crippen LogP contribution is 2.17. The minimum absolute atomic E-state index is 0.175. The van der Waals surface area contributed by atoms with Gasteiger partial charge in [-0.3, -0.25) is 10.1 Å². The number of ether oxygens (including phenoxy) is 6. The molecule has 0 heterocycles. The molecular weight excluding hydrogens is 769 g/mol. The van der Waals surface area contributed by atoms with Gasteiger partial charge in [0.25, 0.3) is 0 Å². The van der Waals surface area contributed by atoms with Gasteiger partial charge in [-0.05, 0) is 157 Å². The van der Waals surface area contributed by atoms with Crippen LogP contribution in [0.25, 0.3) is 0 Å². The Labute approximate surface area is 357 Å². The minimum Gasteiger partial charge on any atom is -0.494 e. The van der Waals surface area contributed by atoms with Crippen molar-refractivity contribution in [2.75, 3.05) is 26.3 Å². The molecular formula is C46H70N4O10. The van der Waals surface area contributed by atoms with Crippen molar-refractivity contribution in [1.82, 2.24) is 16.0 Å². The molecule has 60 heavy (non-hydrogen) atoms. The number of amidine groups is 1. The number of hydrogen-bond donors (Lipinski definition) is 3. The van der Waals surface area contributed by atoms with Crippen molar-refractivity contribution >= 4 is 30.0 Å². The molecule has 0 aliphatic carbocycles. The highest BCUT2D eigenvalue weighted by molar-refractivity contribution is 6.01. The molecule has 0 saturated carbocycles. The van der Waals surface area contributed by atoms with Gasteiger partial charge in [-0.1, -0.05) is 24.3 Å². The van der Waals surface area contributed by atoms with Crippen molar-refractivity contribution < 1.29 is 47.6 Å². The molecule has 0 radical (unpaired) electrons. The number of aliphatic imine (C=N–C) groups is 1. The van der Waals surface area contributed by atoms with Gasteiger partial charge >= 0.3 is 24.1 Å². The lowest BCUT2D eigenvalue weighted by Gasteiger charge is -2.21. The number of amides is 2. The molecule has 0 fully saturated rings. The van der Waals surface area contributed by atoms with E-state index in [0.29, 0.717) is 39.1 Å². The molecule has 0 aliphatic rings. The number of benzene rings is 2. The average Bonchev–Trinajstić information content (AvgIpc) is 3.07. The van der Waals surface area contributed by atoms with Gasteiger partial charge in [-0.2, -0.15) is 4.99 Å². The molecule has 3 N–H and O–H groups in total. The van der Waals surface area contributed by atoms with Gasteiger partial charge in [0.15, 0.2) is 0 Å². The molecule has 0 unspecified atom stereocenters. The van der Waals surface area contributed by atoms with Gasteiger partial charge in [0.05, 0.1) is 19.3 Å². The number of rotatable bonds is 20. The maximum atomic E-state index is 12.4. The second-order valence-corrected chi connectivity index (χ2v) is 18.3. The van der Waals surface area contributed by atoms with E-state index in [1.165, 1.54) is 6.08 Å². The number of hydrogen-bond acceptors (Lipinski definition) is 11. The summed E-state index contributed by atoms with van der Waals surface area (Å²) in [7, 11) is 0. The molecule has 2 aromatic carbocycles. The average molecular weight is 839 g/mol. The maximum absolute atomic E-state index is 12.4. The molecule has 0 bridgehead atoms. The van der Waals surface area contributed by atoms with Crippen LogP contribution in [0.5, 0.6) is 11.5 Å². The van der Waals surface area contributed by atoms with Crippen molar-refractivity contribution in [3.05, 3.63) is 71.6 Å². The topological polar surface area (TPSA) is 172 Å². The van der Waals surface area contributed by atoms with Crippen LogP contribution in [0, 0.1) is 0 Å². The molecule has 0 spiro atoms. The summed E-state index contributed by atoms with van der Waals surface area (Å²) in [4.78, 5) is 53.5. The Morgan fingerprint density at radius 2 is 1.02 bits per heavy atom. The molecule has 14 nitrogen and oxygen atoms in total. The first-order valence-corrected chi connectivity index (χ1v) is 20.7. The first-order chi connectivity index (χ1) is 27.8. The van der Waals surface area contributed by atoms with Crippen molar-refractivity contribution in [1.29, 1.82) is 0 Å². The van der Waals surface area contributed by atoms with Gasteiger partial charge in [0.2, 0.25) is 0 Å². The van der Waals surface area contributed by atoms with Gasteiger partial charge in [-0.25, -0.2) is 14.4 Å². The molecule has 0 saturated heterocycles. The summed E-state index contributed by atoms with van der Waals surface area (Å²) < 4.78 is 33.3. The van der Waals surface area contributed by atoms with Gasteiger partial charge in [0, 0.05) is 13.1 Å². The third-order valence-electron chi connectivity index (χ3n) is 7.55. The number of nitrogens with zero attached hydrogens (tertiary/aromatic N) is 1. The Morgan fingerprint density at radius 1 is 0.567 bits per heavy atom. The maximum Gasteiger partial charge on any atom is 0.435 e. The molecule has 0 aromatic heterocycles. The van der Waals surface area contributed by atoms with Crippen LogP contribution in [0.3, 0.4) is 0 Å². The molecule has 2 aromatic rings. The fraction of sp³-hybridized carbons (Fsp3) is 0.587. The van der Waals surface area contributed by atoms with Crippen molar-refractivity contribution in [3.8, 4) is 11.5 Å². The van der Waals surface area contributed by atoms with E-state index in [2.05, 4.69) is 20.9 Å². The van der Waals surface area contributed by atoms with Crippen LogP contribution in [0.1, 0.15) is 126 Å². The van der Waals surface area contributed by atoms with E-state index in [-0.39, 0.29) is 18.1 Å². The number of nitrogens with one attached hydrogen (secondary N) is 3. The van der Waals surface area contributed by atoms with Crippen LogP contribution in [-0.4, -0.2) is 78.7 Å². The zero-order chi connectivity index (χ0) is 45.0. The Balaban J connectivity index is 1.69. The number of carbonyl (C=O) groups excluding carboxylic acids is 4. The normalized spacial score (nSPS) is 12.5. The van der Waals surface area contributed by atoms with Crippen LogP contribution in [-0.2, 0) is 41.4 Å². The van der Waals surface area contributed by atoms with E-state index >= 15 is 0 Å². The van der Waals surface area contributed by atoms with Gasteiger partial charge in [-0.15, -0.1) is 0 Å². The lowest BCUT2D eigenvalue weighted by Crippen LogP contribution is -2.37. The largest absolute Gasteiger partial charge is 0.494 e. The van der Waals surface area contributed by atoms with Crippen LogP contribution in [0.4, 0.5) is 9.59 Å². The summed E-state index contributed by atoms with van der Waals surface area (Å²) in [6.45, 7) is 23.3. The fourth-order valence-electron chi connectivity index (χ4n) is 5.18. The highest BCUT2D eigenvalue weighted by Gasteiger charge is 2.22. The first kappa shape index (κ1) is 50.9. The minimum atomic E-state index is -0.769. The standard InChI is InChI=1S/C46H70N4O10/c1-43(2,3)57-39(51)31-37(49-41(53)59-45(7,8)9)47-27-25-33-17-21-35(22-18-33)55-29-15-13-14-16-30-56-36-23-19-34(20-24-36)26-28-48-38(32-40(52)58-44(4,5)6)50-42(54)60-46(10,11)12/h17-24,31,47H,13-16,25-30,32H2,1-12H3,(H,49,53)(H,48,50,54)/b37-31-. The highest BCUT2D eigenvalue weighted by atomic mass is 16.6. The zero-order valence-corrected chi connectivity index (χ0v) is 38.0. The summed E-state index contributed by atoms with van der Waals surface area (Å²) >= 11 is 0. The van der Waals surface area contributed by atoms with E-state index in [1.807, 2.05) is 48.5 Å². The van der Waals surface area contributed by atoms with Crippen LogP contribution in [0.2, 0.25) is 0 Å². The van der Waals surface area contributed by atoms with E-state index in [1.54, 1.807) is 83.1 Å². The molecule has 0 atom stereocenters. The zero-order valence-electron chi connectivity index (χ0n) is 38.0. The Morgan fingerprint density at radius 3 is 1.47 bits per heavy atom. The van der Waals surface area contributed by atoms with E-state index in [0.717, 1.165) is 48.3 Å². The number of alkyl carbamates (subject to hydrolysis) is 1. The Bertz CT molecular complexity index is 1580. The molecule has 2 amide bonds. The van der Waals surface area contributed by atoms with Crippen LogP contribution in [0.15, 0.2) is 65.4 Å². The summed E-state index contributed by atoms with van der Waals surface area (Å²) in [6.07, 6.45) is 4.75. The summed E-state index contributed by atoms with van der Waals surface area (Å²) in [6, 6.07) is 15.7. The molecule has 0 aliphatic heterocycles. The van der Waals surface area contributed by atoms with Crippen LogP contribution >= 0.6 is 0 Å². The molecule has 14 heteroatoms. The third kappa shape index (κ3) is 26.0. The lowest BCUT2D eigenvalue weighted by molar-refractivity contribution is -0.153. The Kier molecular flexibility index (Phi) is 20.4. The summed E-state index contributed by atoms with van der Waals surface area (Å²) in [5.41, 5.74) is -0.611. The SMILES string of the molecule is CC(C)(C)OC(=O)/C=C(/NCCc1ccc(OCCCCCCOc2ccc(CCN/C(CC(=O)OC(C)(C)C)=N/C(=O)OC(C)(C)C)cc2)cc1)NC(=O)OC(C)(C)C. The first-order valence-electron chi connectivity index (χ1n) is 20.7. The van der Waals surface area contributed by atoms with E-state index in [4.69, 9.17) is 28.4 Å². The second-order valence-electron chi connectivity index (χ2n) is 18.3. The quantitative estimate of drug-likeness (QED) is 0.0290. The number of esters is 2. The molecule has 334 valence electrons. The van der Waals surface area contributed by atoms with Crippen LogP contribution < -0.4 is 25.4 Å². The Hall–Kier alpha value is -5.27. The molecule has 2 rings (SSSR count). The third-order valence-corrected chi connectivity index (χ3v) is 7.55. The number of carbonyl (C=O) groups is 4. The van der Waals surface area contributed by atoms with E-state index < -0.39 is 46.5 Å². The monoisotopic (exact) mass is 839 g/mol. The fourth-order valence-corrected chi connectivity index (χ4v) is 5.18. The van der Waals surface area contributed by atoms with E-state index in [9.17, 15) is 19.2 Å². The van der Waals surface area contributed by atoms with Crippen molar-refractivity contribution in [2.45, 2.75) is 150 Å². The predicted molar refractivity (Wildman–Crippen MR) is 233 cm³/mol. The summed E-state index contributed by atoms with van der Waals surface area (Å²) in [5.74, 6) is 0.906. The second kappa shape index (κ2) is 24.1. The van der Waals surface area contributed by atoms with Crippen molar-refractivity contribution in [3.63, 3.8) is 0 Å². The van der Waals surface area contributed by atoms with Crippen molar-refractivity contribution in [2.24, 2.45) is 4.99 Å².